The molecule has 154 valence electrons. The molecule has 1 aromatic carbocycles. The number of benzene rings is 1. The smallest absolute Gasteiger partial charge is 0.270 e. The van der Waals surface area contributed by atoms with Crippen LogP contribution in [0.4, 0.5) is 0 Å². The lowest BCUT2D eigenvalue weighted by Crippen LogP contribution is -2.41. The zero-order valence-corrected chi connectivity index (χ0v) is 17.3. The van der Waals surface area contributed by atoms with Crippen LogP contribution in [-0.2, 0) is 13.0 Å². The number of hydrogen-bond donors (Lipinski definition) is 4. The van der Waals surface area contributed by atoms with E-state index in [4.69, 9.17) is 10.8 Å². The van der Waals surface area contributed by atoms with Crippen LogP contribution in [0.25, 0.3) is 11.4 Å². The van der Waals surface area contributed by atoms with Crippen molar-refractivity contribution in [1.29, 1.82) is 10.8 Å². The standard InChI is InChI=1S/C20H22N8OS/c1-2-15(21)30-18(22)14-11-23-26-17(14)20(29)24-13-8-9-28-16(10-13)25-19(27-28)12-6-4-3-5-7-12/h3-7,11,13,21-22H,2,8-10H2,1H3,(H,23,26)(H,24,29). The highest BCUT2D eigenvalue weighted by molar-refractivity contribution is 8.26. The number of thioether (sulfide) groups is 1. The molecule has 1 atom stereocenters. The lowest BCUT2D eigenvalue weighted by molar-refractivity contribution is 0.0924. The van der Waals surface area contributed by atoms with E-state index < -0.39 is 0 Å². The van der Waals surface area contributed by atoms with Crippen LogP contribution in [0.2, 0.25) is 0 Å². The van der Waals surface area contributed by atoms with Crippen molar-refractivity contribution in [2.24, 2.45) is 0 Å². The minimum absolute atomic E-state index is 0.0789. The van der Waals surface area contributed by atoms with Crippen LogP contribution in [0.5, 0.6) is 0 Å². The molecule has 2 aromatic heterocycles. The molecule has 3 heterocycles. The van der Waals surface area contributed by atoms with Gasteiger partial charge in [0.25, 0.3) is 5.91 Å². The monoisotopic (exact) mass is 422 g/mol. The molecule has 0 radical (unpaired) electrons. The summed E-state index contributed by atoms with van der Waals surface area (Å²) in [4.78, 5) is 17.5. The Morgan fingerprint density at radius 3 is 2.90 bits per heavy atom. The average molecular weight is 423 g/mol. The number of rotatable bonds is 5. The second kappa shape index (κ2) is 8.62. The number of aryl methyl sites for hydroxylation is 1. The maximum absolute atomic E-state index is 12.8. The van der Waals surface area contributed by atoms with Gasteiger partial charge in [-0.15, -0.1) is 0 Å². The van der Waals surface area contributed by atoms with Crippen LogP contribution in [0.3, 0.4) is 0 Å². The topological polar surface area (TPSA) is 136 Å². The maximum Gasteiger partial charge on any atom is 0.270 e. The van der Waals surface area contributed by atoms with E-state index >= 15 is 0 Å². The number of amides is 1. The Morgan fingerprint density at radius 2 is 2.13 bits per heavy atom. The van der Waals surface area contributed by atoms with Crippen molar-refractivity contribution in [3.8, 4) is 11.4 Å². The predicted octanol–water partition coefficient (Wildman–Crippen LogP) is 2.86. The second-order valence-electron chi connectivity index (χ2n) is 6.97. The van der Waals surface area contributed by atoms with E-state index in [0.717, 1.165) is 29.6 Å². The first-order valence-electron chi connectivity index (χ1n) is 9.72. The summed E-state index contributed by atoms with van der Waals surface area (Å²) < 4.78 is 1.90. The van der Waals surface area contributed by atoms with Gasteiger partial charge in [0.05, 0.1) is 16.8 Å². The normalized spacial score (nSPS) is 15.4. The summed E-state index contributed by atoms with van der Waals surface area (Å²) in [6.07, 6.45) is 3.32. The molecule has 4 N–H and O–H groups in total. The summed E-state index contributed by atoms with van der Waals surface area (Å²) in [5, 5.41) is 30.7. The number of carbonyl (C=O) groups is 1. The average Bonchev–Trinajstić information content (AvgIpc) is 3.41. The molecule has 0 saturated carbocycles. The van der Waals surface area contributed by atoms with Crippen molar-refractivity contribution in [2.45, 2.75) is 38.8 Å². The summed E-state index contributed by atoms with van der Waals surface area (Å²) >= 11 is 1.03. The first kappa shape index (κ1) is 20.0. The Kier molecular flexibility index (Phi) is 5.75. The van der Waals surface area contributed by atoms with Crippen molar-refractivity contribution in [3.05, 3.63) is 53.6 Å². The van der Waals surface area contributed by atoms with Gasteiger partial charge in [0.15, 0.2) is 5.82 Å². The number of aromatic amines is 1. The van der Waals surface area contributed by atoms with Gasteiger partial charge in [-0.1, -0.05) is 49.0 Å². The molecule has 1 unspecified atom stereocenters. The third-order valence-corrected chi connectivity index (χ3v) is 5.85. The third-order valence-electron chi connectivity index (χ3n) is 4.89. The van der Waals surface area contributed by atoms with Crippen molar-refractivity contribution in [3.63, 3.8) is 0 Å². The first-order valence-corrected chi connectivity index (χ1v) is 10.5. The largest absolute Gasteiger partial charge is 0.347 e. The van der Waals surface area contributed by atoms with Crippen molar-refractivity contribution in [1.82, 2.24) is 30.3 Å². The number of carbonyl (C=O) groups excluding carboxylic acids is 1. The third kappa shape index (κ3) is 4.18. The van der Waals surface area contributed by atoms with Crippen molar-refractivity contribution >= 4 is 27.8 Å². The van der Waals surface area contributed by atoms with Gasteiger partial charge in [-0.2, -0.15) is 10.2 Å². The molecule has 9 nitrogen and oxygen atoms in total. The predicted molar refractivity (Wildman–Crippen MR) is 116 cm³/mol. The molecule has 0 saturated heterocycles. The van der Waals surface area contributed by atoms with Crippen LogP contribution in [0, 0.1) is 10.8 Å². The highest BCUT2D eigenvalue weighted by Crippen LogP contribution is 2.21. The lowest BCUT2D eigenvalue weighted by Gasteiger charge is -2.23. The van der Waals surface area contributed by atoms with Gasteiger partial charge >= 0.3 is 0 Å². The van der Waals surface area contributed by atoms with E-state index in [9.17, 15) is 4.79 Å². The lowest BCUT2D eigenvalue weighted by atomic mass is 10.1. The molecule has 0 fully saturated rings. The van der Waals surface area contributed by atoms with Gasteiger partial charge in [-0.25, -0.2) is 9.67 Å². The fourth-order valence-corrected chi connectivity index (χ4v) is 3.93. The molecule has 3 aromatic rings. The van der Waals surface area contributed by atoms with Crippen molar-refractivity contribution in [2.75, 3.05) is 0 Å². The van der Waals surface area contributed by atoms with Gasteiger partial charge in [0.2, 0.25) is 0 Å². The summed E-state index contributed by atoms with van der Waals surface area (Å²) in [6, 6.07) is 9.75. The van der Waals surface area contributed by atoms with Crippen molar-refractivity contribution < 1.29 is 4.79 Å². The molecular formula is C20H22N8OS. The molecule has 30 heavy (non-hydrogen) atoms. The van der Waals surface area contributed by atoms with Gasteiger partial charge in [-0.05, 0) is 12.8 Å². The number of hydrogen-bond acceptors (Lipinski definition) is 7. The molecule has 4 rings (SSSR count). The zero-order valence-electron chi connectivity index (χ0n) is 16.5. The fraction of sp³-hybridized carbons (Fsp3) is 0.300. The number of nitrogens with one attached hydrogen (secondary N) is 4. The van der Waals surface area contributed by atoms with E-state index in [1.54, 1.807) is 0 Å². The quantitative estimate of drug-likeness (QED) is 0.370. The van der Waals surface area contributed by atoms with Gasteiger partial charge in [0.1, 0.15) is 16.6 Å². The van der Waals surface area contributed by atoms with Crippen LogP contribution < -0.4 is 5.32 Å². The minimum Gasteiger partial charge on any atom is -0.347 e. The van der Waals surface area contributed by atoms with E-state index in [1.165, 1.54) is 6.20 Å². The fourth-order valence-electron chi connectivity index (χ4n) is 3.28. The summed E-state index contributed by atoms with van der Waals surface area (Å²) in [5.74, 6) is 1.23. The Balaban J connectivity index is 1.44. The van der Waals surface area contributed by atoms with Crippen LogP contribution in [0.1, 0.15) is 41.6 Å². The van der Waals surface area contributed by atoms with Gasteiger partial charge in [0, 0.05) is 24.6 Å². The first-order chi connectivity index (χ1) is 14.5. The summed E-state index contributed by atoms with van der Waals surface area (Å²) in [5.41, 5.74) is 1.62. The number of fused-ring (bicyclic) bond motifs is 1. The SMILES string of the molecule is CCC(=N)SC(=N)c1cn[nH]c1C(=O)NC1CCn2nc(-c3ccccc3)nc2C1. The molecular weight excluding hydrogens is 400 g/mol. The van der Waals surface area contributed by atoms with Crippen LogP contribution in [0.15, 0.2) is 36.5 Å². The maximum atomic E-state index is 12.8. The molecule has 0 aliphatic carbocycles. The number of H-pyrrole nitrogens is 1. The number of nitrogens with zero attached hydrogens (tertiary/aromatic N) is 4. The highest BCUT2D eigenvalue weighted by atomic mass is 32.2. The minimum atomic E-state index is -0.308. The summed E-state index contributed by atoms with van der Waals surface area (Å²) in [7, 11) is 0. The van der Waals surface area contributed by atoms with E-state index in [-0.39, 0.29) is 22.7 Å². The number of aromatic nitrogens is 5. The Bertz CT molecular complexity index is 1090. The van der Waals surface area contributed by atoms with Gasteiger partial charge in [-0.3, -0.25) is 20.7 Å². The molecule has 1 amide bonds. The molecule has 10 heteroatoms. The molecule has 1 aliphatic rings. The summed E-state index contributed by atoms with van der Waals surface area (Å²) in [6.45, 7) is 2.53. The Labute approximate surface area is 177 Å². The Morgan fingerprint density at radius 1 is 1.33 bits per heavy atom. The highest BCUT2D eigenvalue weighted by Gasteiger charge is 2.26. The van der Waals surface area contributed by atoms with Crippen LogP contribution >= 0.6 is 11.8 Å². The second-order valence-corrected chi connectivity index (χ2v) is 8.08. The van der Waals surface area contributed by atoms with E-state index in [0.29, 0.717) is 35.8 Å². The van der Waals surface area contributed by atoms with Crippen LogP contribution in [-0.4, -0.2) is 47.0 Å². The van der Waals surface area contributed by atoms with E-state index in [1.807, 2.05) is 41.9 Å². The van der Waals surface area contributed by atoms with Gasteiger partial charge < -0.3 is 5.32 Å². The zero-order chi connectivity index (χ0) is 21.1. The Hall–Kier alpha value is -3.27. The van der Waals surface area contributed by atoms with E-state index in [2.05, 4.69) is 25.6 Å². The molecule has 0 bridgehead atoms. The molecule has 1 aliphatic heterocycles. The molecule has 0 spiro atoms.